The maximum Gasteiger partial charge on any atom is 0.243 e. The SMILES string of the molecule is COc1cccc(NC(=O)CN(C)C(=O)Cc2ccc(C)c(C)c2)c1. The van der Waals surface area contributed by atoms with E-state index >= 15 is 0 Å². The van der Waals surface area contributed by atoms with Gasteiger partial charge >= 0.3 is 0 Å². The van der Waals surface area contributed by atoms with Crippen molar-refractivity contribution in [3.63, 3.8) is 0 Å². The number of aryl methyl sites for hydroxylation is 2. The molecule has 0 aliphatic carbocycles. The molecule has 132 valence electrons. The lowest BCUT2D eigenvalue weighted by Crippen LogP contribution is -2.35. The van der Waals surface area contributed by atoms with E-state index in [9.17, 15) is 9.59 Å². The molecule has 2 amide bonds. The number of nitrogens with zero attached hydrogens (tertiary/aromatic N) is 1. The second kappa shape index (κ2) is 8.33. The maximum absolute atomic E-state index is 12.3. The van der Waals surface area contributed by atoms with E-state index in [-0.39, 0.29) is 24.8 Å². The molecule has 0 fully saturated rings. The van der Waals surface area contributed by atoms with Gasteiger partial charge in [0.05, 0.1) is 20.1 Å². The molecule has 0 aliphatic rings. The summed E-state index contributed by atoms with van der Waals surface area (Å²) in [7, 11) is 3.20. The fourth-order valence-electron chi connectivity index (χ4n) is 2.43. The third-order valence-electron chi connectivity index (χ3n) is 4.09. The van der Waals surface area contributed by atoms with E-state index in [4.69, 9.17) is 4.74 Å². The van der Waals surface area contributed by atoms with E-state index in [2.05, 4.69) is 5.32 Å². The highest BCUT2D eigenvalue weighted by atomic mass is 16.5. The number of hydrogen-bond acceptors (Lipinski definition) is 3. The quantitative estimate of drug-likeness (QED) is 0.879. The molecule has 0 saturated heterocycles. The Bertz CT molecular complexity index is 771. The summed E-state index contributed by atoms with van der Waals surface area (Å²) in [6, 6.07) is 13.1. The van der Waals surface area contributed by atoms with Crippen LogP contribution in [0, 0.1) is 13.8 Å². The Kier molecular flexibility index (Phi) is 6.17. The normalized spacial score (nSPS) is 10.2. The monoisotopic (exact) mass is 340 g/mol. The Hall–Kier alpha value is -2.82. The van der Waals surface area contributed by atoms with Crippen molar-refractivity contribution in [3.05, 3.63) is 59.2 Å². The highest BCUT2D eigenvalue weighted by Crippen LogP contribution is 2.16. The number of benzene rings is 2. The fourth-order valence-corrected chi connectivity index (χ4v) is 2.43. The first kappa shape index (κ1) is 18.5. The van der Waals surface area contributed by atoms with Crippen molar-refractivity contribution in [1.82, 2.24) is 4.90 Å². The number of likely N-dealkylation sites (N-methyl/N-ethyl adjacent to an activating group) is 1. The molecule has 2 rings (SSSR count). The third kappa shape index (κ3) is 5.35. The largest absolute Gasteiger partial charge is 0.497 e. The molecule has 0 bridgehead atoms. The summed E-state index contributed by atoms with van der Waals surface area (Å²) < 4.78 is 5.12. The number of carbonyl (C=O) groups excluding carboxylic acids is 2. The molecule has 0 saturated carbocycles. The van der Waals surface area contributed by atoms with E-state index in [1.165, 1.54) is 10.5 Å². The minimum absolute atomic E-state index is 0.000880. The lowest BCUT2D eigenvalue weighted by Gasteiger charge is -2.17. The predicted octanol–water partition coefficient (Wildman–Crippen LogP) is 2.95. The molecule has 0 radical (unpaired) electrons. The fraction of sp³-hybridized carbons (Fsp3) is 0.300. The Morgan fingerprint density at radius 2 is 1.84 bits per heavy atom. The van der Waals surface area contributed by atoms with Crippen molar-refractivity contribution >= 4 is 17.5 Å². The third-order valence-corrected chi connectivity index (χ3v) is 4.09. The van der Waals surface area contributed by atoms with E-state index in [0.29, 0.717) is 11.4 Å². The first-order chi connectivity index (χ1) is 11.9. The van der Waals surface area contributed by atoms with Crippen LogP contribution in [-0.2, 0) is 16.0 Å². The van der Waals surface area contributed by atoms with Gasteiger partial charge in [0, 0.05) is 18.8 Å². The molecule has 2 aromatic rings. The van der Waals surface area contributed by atoms with Crippen molar-refractivity contribution in [2.45, 2.75) is 20.3 Å². The van der Waals surface area contributed by atoms with Crippen LogP contribution in [0.1, 0.15) is 16.7 Å². The second-order valence-electron chi connectivity index (χ2n) is 6.13. The first-order valence-electron chi connectivity index (χ1n) is 8.13. The van der Waals surface area contributed by atoms with Gasteiger partial charge < -0.3 is 15.0 Å². The minimum Gasteiger partial charge on any atom is -0.497 e. The molecular weight excluding hydrogens is 316 g/mol. The number of anilines is 1. The van der Waals surface area contributed by atoms with Gasteiger partial charge in [0.1, 0.15) is 5.75 Å². The zero-order chi connectivity index (χ0) is 18.4. The Balaban J connectivity index is 1.91. The van der Waals surface area contributed by atoms with Crippen LogP contribution in [0.25, 0.3) is 0 Å². The Morgan fingerprint density at radius 3 is 2.52 bits per heavy atom. The average Bonchev–Trinajstić information content (AvgIpc) is 2.58. The van der Waals surface area contributed by atoms with Crippen LogP contribution in [0.3, 0.4) is 0 Å². The zero-order valence-corrected chi connectivity index (χ0v) is 15.1. The van der Waals surface area contributed by atoms with Gasteiger partial charge in [0.2, 0.25) is 11.8 Å². The second-order valence-corrected chi connectivity index (χ2v) is 6.13. The van der Waals surface area contributed by atoms with Crippen LogP contribution in [0.5, 0.6) is 5.75 Å². The van der Waals surface area contributed by atoms with Crippen LogP contribution < -0.4 is 10.1 Å². The molecule has 0 aromatic heterocycles. The maximum atomic E-state index is 12.3. The van der Waals surface area contributed by atoms with Gasteiger partial charge in [-0.1, -0.05) is 24.3 Å². The molecular formula is C20H24N2O3. The number of carbonyl (C=O) groups is 2. The summed E-state index contributed by atoms with van der Waals surface area (Å²) in [5, 5.41) is 2.77. The molecule has 0 heterocycles. The van der Waals surface area contributed by atoms with Crippen molar-refractivity contribution < 1.29 is 14.3 Å². The molecule has 0 atom stereocenters. The van der Waals surface area contributed by atoms with Gasteiger partial charge in [-0.25, -0.2) is 0 Å². The number of nitrogens with one attached hydrogen (secondary N) is 1. The molecule has 0 aliphatic heterocycles. The van der Waals surface area contributed by atoms with Crippen molar-refractivity contribution in [2.75, 3.05) is 26.0 Å². The van der Waals surface area contributed by atoms with Crippen LogP contribution >= 0.6 is 0 Å². The number of ether oxygens (including phenoxy) is 1. The molecule has 25 heavy (non-hydrogen) atoms. The molecule has 0 unspecified atom stereocenters. The zero-order valence-electron chi connectivity index (χ0n) is 15.1. The average molecular weight is 340 g/mol. The van der Waals surface area contributed by atoms with E-state index in [1.807, 2.05) is 32.0 Å². The first-order valence-corrected chi connectivity index (χ1v) is 8.13. The highest BCUT2D eigenvalue weighted by Gasteiger charge is 2.14. The van der Waals surface area contributed by atoms with Gasteiger partial charge in [-0.3, -0.25) is 9.59 Å². The lowest BCUT2D eigenvalue weighted by atomic mass is 10.0. The highest BCUT2D eigenvalue weighted by molar-refractivity contribution is 5.94. The summed E-state index contributed by atoms with van der Waals surface area (Å²) in [5.41, 5.74) is 3.94. The lowest BCUT2D eigenvalue weighted by molar-refractivity contribution is -0.132. The number of hydrogen-bond donors (Lipinski definition) is 1. The van der Waals surface area contributed by atoms with E-state index < -0.39 is 0 Å². The van der Waals surface area contributed by atoms with Gasteiger partial charge in [-0.05, 0) is 42.7 Å². The van der Waals surface area contributed by atoms with Crippen molar-refractivity contribution in [1.29, 1.82) is 0 Å². The summed E-state index contributed by atoms with van der Waals surface area (Å²) in [5.74, 6) is 0.324. The summed E-state index contributed by atoms with van der Waals surface area (Å²) >= 11 is 0. The van der Waals surface area contributed by atoms with Gasteiger partial charge in [0.15, 0.2) is 0 Å². The van der Waals surface area contributed by atoms with Crippen molar-refractivity contribution in [3.8, 4) is 5.75 Å². The Labute approximate surface area is 148 Å². The summed E-state index contributed by atoms with van der Waals surface area (Å²) in [6.45, 7) is 4.06. The predicted molar refractivity (Wildman–Crippen MR) is 98.9 cm³/mol. The van der Waals surface area contributed by atoms with Gasteiger partial charge in [0.25, 0.3) is 0 Å². The molecule has 5 heteroatoms. The van der Waals surface area contributed by atoms with Gasteiger partial charge in [-0.15, -0.1) is 0 Å². The number of amides is 2. The number of methoxy groups -OCH3 is 1. The van der Waals surface area contributed by atoms with Gasteiger partial charge in [-0.2, -0.15) is 0 Å². The summed E-state index contributed by atoms with van der Waals surface area (Å²) in [6.07, 6.45) is 0.282. The smallest absolute Gasteiger partial charge is 0.243 e. The van der Waals surface area contributed by atoms with Crippen LogP contribution in [0.2, 0.25) is 0 Å². The molecule has 1 N–H and O–H groups in total. The van der Waals surface area contributed by atoms with Crippen LogP contribution in [0.15, 0.2) is 42.5 Å². The molecule has 5 nitrogen and oxygen atoms in total. The Morgan fingerprint density at radius 1 is 1.08 bits per heavy atom. The minimum atomic E-state index is -0.246. The van der Waals surface area contributed by atoms with Crippen molar-refractivity contribution in [2.24, 2.45) is 0 Å². The molecule has 2 aromatic carbocycles. The number of rotatable bonds is 6. The summed E-state index contributed by atoms with van der Waals surface area (Å²) in [4.78, 5) is 25.9. The molecule has 0 spiro atoms. The van der Waals surface area contributed by atoms with Crippen LogP contribution in [-0.4, -0.2) is 37.4 Å². The van der Waals surface area contributed by atoms with E-state index in [0.717, 1.165) is 11.1 Å². The van der Waals surface area contributed by atoms with E-state index in [1.54, 1.807) is 38.4 Å². The van der Waals surface area contributed by atoms with Crippen LogP contribution in [0.4, 0.5) is 5.69 Å². The standard InChI is InChI=1S/C20H24N2O3/c1-14-8-9-16(10-15(14)2)11-20(24)22(3)13-19(23)21-17-6-5-7-18(12-17)25-4/h5-10,12H,11,13H2,1-4H3,(H,21,23). The topological polar surface area (TPSA) is 58.6 Å².